The maximum absolute atomic E-state index is 4.38. The zero-order valence-electron chi connectivity index (χ0n) is 11.6. The van der Waals surface area contributed by atoms with Crippen LogP contribution in [-0.2, 0) is 6.42 Å². The lowest BCUT2D eigenvalue weighted by atomic mass is 10.3. The van der Waals surface area contributed by atoms with Gasteiger partial charge in [-0.15, -0.1) is 10.2 Å². The number of nitrogens with one attached hydrogen (secondary N) is 1. The molecule has 1 N–H and O–H groups in total. The molecular formula is C15H16N6. The zero-order chi connectivity index (χ0) is 14.1. The van der Waals surface area contributed by atoms with E-state index in [9.17, 15) is 0 Å². The summed E-state index contributed by atoms with van der Waals surface area (Å²) in [5.74, 6) is 2.41. The van der Waals surface area contributed by atoms with Crippen LogP contribution in [0, 0.1) is 0 Å². The fourth-order valence-corrected chi connectivity index (χ4v) is 2.44. The number of fused-ring (bicyclic) bond motifs is 1. The van der Waals surface area contributed by atoms with Crippen molar-refractivity contribution in [3.05, 3.63) is 48.3 Å². The highest BCUT2D eigenvalue weighted by Gasteiger charge is 2.29. The minimum absolute atomic E-state index is 0.573. The predicted octanol–water partition coefficient (Wildman–Crippen LogP) is 2.05. The third kappa shape index (κ3) is 2.44. The lowest BCUT2D eigenvalue weighted by Crippen LogP contribution is -2.08. The van der Waals surface area contributed by atoms with Crippen molar-refractivity contribution in [1.82, 2.24) is 24.6 Å². The Morgan fingerprint density at radius 1 is 1.14 bits per heavy atom. The first-order valence-electron chi connectivity index (χ1n) is 7.25. The number of anilines is 1. The van der Waals surface area contributed by atoms with Crippen LogP contribution in [0.5, 0.6) is 0 Å². The average Bonchev–Trinajstić information content (AvgIpc) is 3.28. The molecule has 1 aliphatic carbocycles. The fourth-order valence-electron chi connectivity index (χ4n) is 2.44. The van der Waals surface area contributed by atoms with Gasteiger partial charge in [0.1, 0.15) is 5.82 Å². The van der Waals surface area contributed by atoms with E-state index >= 15 is 0 Å². The van der Waals surface area contributed by atoms with E-state index in [1.54, 1.807) is 6.20 Å². The van der Waals surface area contributed by atoms with Crippen LogP contribution in [0.3, 0.4) is 0 Å². The normalized spacial score (nSPS) is 14.5. The van der Waals surface area contributed by atoms with E-state index in [-0.39, 0.29) is 0 Å². The Hall–Kier alpha value is -2.50. The van der Waals surface area contributed by atoms with Crippen molar-refractivity contribution >= 4 is 11.5 Å². The van der Waals surface area contributed by atoms with Crippen LogP contribution in [0.4, 0.5) is 5.82 Å². The quantitative estimate of drug-likeness (QED) is 0.774. The smallest absolute Gasteiger partial charge is 0.203 e. The summed E-state index contributed by atoms with van der Waals surface area (Å²) in [6, 6.07) is 5.95. The standard InChI is InChI=1S/C15H16N6/c1-2-7-16-12(3-1)6-8-17-13-15-20-19-14(11-4-5-11)21(15)10-9-18-13/h1-3,7,9-11H,4-6,8H2,(H,17,18). The largest absolute Gasteiger partial charge is 0.367 e. The molecule has 0 aromatic carbocycles. The summed E-state index contributed by atoms with van der Waals surface area (Å²) >= 11 is 0. The number of rotatable bonds is 5. The van der Waals surface area contributed by atoms with E-state index in [0.717, 1.165) is 35.9 Å². The summed E-state index contributed by atoms with van der Waals surface area (Å²) in [6.45, 7) is 0.773. The predicted molar refractivity (Wildman–Crippen MR) is 79.2 cm³/mol. The van der Waals surface area contributed by atoms with Crippen LogP contribution in [0.2, 0.25) is 0 Å². The van der Waals surface area contributed by atoms with Crippen molar-refractivity contribution in [2.45, 2.75) is 25.2 Å². The van der Waals surface area contributed by atoms with Crippen molar-refractivity contribution in [1.29, 1.82) is 0 Å². The topological polar surface area (TPSA) is 68.0 Å². The van der Waals surface area contributed by atoms with Crippen LogP contribution >= 0.6 is 0 Å². The van der Waals surface area contributed by atoms with Gasteiger partial charge in [0, 0.05) is 43.2 Å². The van der Waals surface area contributed by atoms with Gasteiger partial charge >= 0.3 is 0 Å². The van der Waals surface area contributed by atoms with Gasteiger partial charge in [-0.2, -0.15) is 0 Å². The summed E-state index contributed by atoms with van der Waals surface area (Å²) in [5, 5.41) is 11.9. The first kappa shape index (κ1) is 12.3. The molecule has 106 valence electrons. The molecule has 6 nitrogen and oxygen atoms in total. The maximum Gasteiger partial charge on any atom is 0.203 e. The highest BCUT2D eigenvalue weighted by molar-refractivity contribution is 5.62. The lowest BCUT2D eigenvalue weighted by molar-refractivity contribution is 0.893. The van der Waals surface area contributed by atoms with Crippen LogP contribution in [0.15, 0.2) is 36.8 Å². The number of pyridine rings is 1. The molecule has 0 spiro atoms. The molecule has 0 unspecified atom stereocenters. The summed E-state index contributed by atoms with van der Waals surface area (Å²) in [4.78, 5) is 8.69. The van der Waals surface area contributed by atoms with E-state index in [4.69, 9.17) is 0 Å². The molecule has 3 aromatic heterocycles. The molecule has 0 atom stereocenters. The van der Waals surface area contributed by atoms with Gasteiger partial charge in [0.15, 0.2) is 5.82 Å². The summed E-state index contributed by atoms with van der Waals surface area (Å²) < 4.78 is 2.05. The fraction of sp³-hybridized carbons (Fsp3) is 0.333. The number of nitrogens with zero attached hydrogens (tertiary/aromatic N) is 5. The minimum Gasteiger partial charge on any atom is -0.367 e. The monoisotopic (exact) mass is 280 g/mol. The van der Waals surface area contributed by atoms with E-state index in [1.165, 1.54) is 12.8 Å². The second-order valence-corrected chi connectivity index (χ2v) is 5.30. The second-order valence-electron chi connectivity index (χ2n) is 5.30. The highest BCUT2D eigenvalue weighted by Crippen LogP contribution is 2.39. The van der Waals surface area contributed by atoms with Crippen LogP contribution in [0.25, 0.3) is 5.65 Å². The molecule has 1 fully saturated rings. The van der Waals surface area contributed by atoms with Gasteiger partial charge in [0.25, 0.3) is 0 Å². The third-order valence-corrected chi connectivity index (χ3v) is 3.70. The van der Waals surface area contributed by atoms with E-state index < -0.39 is 0 Å². The number of hydrogen-bond donors (Lipinski definition) is 1. The van der Waals surface area contributed by atoms with Crippen LogP contribution < -0.4 is 5.32 Å². The Morgan fingerprint density at radius 3 is 2.90 bits per heavy atom. The lowest BCUT2D eigenvalue weighted by Gasteiger charge is -2.06. The van der Waals surface area contributed by atoms with Gasteiger partial charge in [0.05, 0.1) is 0 Å². The van der Waals surface area contributed by atoms with Crippen LogP contribution in [0.1, 0.15) is 30.3 Å². The molecule has 1 saturated carbocycles. The molecule has 0 saturated heterocycles. The second kappa shape index (κ2) is 5.12. The maximum atomic E-state index is 4.38. The summed E-state index contributed by atoms with van der Waals surface area (Å²) in [5.41, 5.74) is 1.87. The molecule has 0 aliphatic heterocycles. The van der Waals surface area contributed by atoms with Crippen molar-refractivity contribution < 1.29 is 0 Å². The molecule has 21 heavy (non-hydrogen) atoms. The zero-order valence-corrected chi connectivity index (χ0v) is 11.6. The molecule has 6 heteroatoms. The summed E-state index contributed by atoms with van der Waals surface area (Å²) in [7, 11) is 0. The summed E-state index contributed by atoms with van der Waals surface area (Å²) in [6.07, 6.45) is 8.83. The first-order valence-corrected chi connectivity index (χ1v) is 7.25. The minimum atomic E-state index is 0.573. The van der Waals surface area contributed by atoms with Crippen LogP contribution in [-0.4, -0.2) is 31.1 Å². The Balaban J connectivity index is 1.51. The van der Waals surface area contributed by atoms with E-state index in [2.05, 4.69) is 25.5 Å². The number of aromatic nitrogens is 5. The van der Waals surface area contributed by atoms with Crippen molar-refractivity contribution in [3.8, 4) is 0 Å². The molecule has 0 radical (unpaired) electrons. The van der Waals surface area contributed by atoms with Crippen molar-refractivity contribution in [3.63, 3.8) is 0 Å². The Morgan fingerprint density at radius 2 is 2.10 bits per heavy atom. The van der Waals surface area contributed by atoms with Gasteiger partial charge in [-0.25, -0.2) is 4.98 Å². The van der Waals surface area contributed by atoms with Gasteiger partial charge < -0.3 is 5.32 Å². The molecule has 4 rings (SSSR count). The van der Waals surface area contributed by atoms with Gasteiger partial charge in [-0.05, 0) is 25.0 Å². The van der Waals surface area contributed by atoms with Gasteiger partial charge in [-0.3, -0.25) is 9.38 Å². The Kier molecular flexibility index (Phi) is 2.99. The first-order chi connectivity index (χ1) is 10.4. The SMILES string of the molecule is c1ccc(CCNc2nccn3c(C4CC4)nnc23)nc1. The van der Waals surface area contributed by atoms with E-state index in [1.807, 2.05) is 35.0 Å². The van der Waals surface area contributed by atoms with Gasteiger partial charge in [-0.1, -0.05) is 6.07 Å². The molecule has 1 aliphatic rings. The van der Waals surface area contributed by atoms with Gasteiger partial charge in [0.2, 0.25) is 5.65 Å². The average molecular weight is 280 g/mol. The Bertz CT molecular complexity index is 747. The Labute approximate surface area is 122 Å². The molecular weight excluding hydrogens is 264 g/mol. The highest BCUT2D eigenvalue weighted by atomic mass is 15.3. The van der Waals surface area contributed by atoms with E-state index in [0.29, 0.717) is 5.92 Å². The molecule has 0 amide bonds. The molecule has 0 bridgehead atoms. The molecule has 3 aromatic rings. The van der Waals surface area contributed by atoms with Crippen molar-refractivity contribution in [2.24, 2.45) is 0 Å². The third-order valence-electron chi connectivity index (χ3n) is 3.70. The molecule has 3 heterocycles. The van der Waals surface area contributed by atoms with Crippen molar-refractivity contribution in [2.75, 3.05) is 11.9 Å². The number of hydrogen-bond acceptors (Lipinski definition) is 5.